The molecule has 0 saturated carbocycles. The van der Waals surface area contributed by atoms with Gasteiger partial charge in [0.25, 0.3) is 0 Å². The van der Waals surface area contributed by atoms with Gasteiger partial charge in [-0.15, -0.1) is 0 Å². The smallest absolute Gasteiger partial charge is 0.150 e. The molecule has 1 aromatic heterocycles. The fourth-order valence-electron chi connectivity index (χ4n) is 2.23. The molecule has 0 aliphatic carbocycles. The highest BCUT2D eigenvalue weighted by atomic mass is 35.5. The molecule has 0 unspecified atom stereocenters. The Morgan fingerprint density at radius 1 is 1.05 bits per heavy atom. The lowest BCUT2D eigenvalue weighted by molar-refractivity contribution is 0.637. The van der Waals surface area contributed by atoms with Crippen LogP contribution in [0.4, 0.5) is 4.39 Å². The fraction of sp³-hybridized carbons (Fsp3) is 0.0625. The number of pyridine rings is 1. The molecule has 0 spiro atoms. The first-order chi connectivity index (χ1) is 9.58. The van der Waals surface area contributed by atoms with Crippen LogP contribution in [0.2, 0.25) is 10.0 Å². The number of halogens is 3. The van der Waals surface area contributed by atoms with Crippen molar-refractivity contribution in [1.29, 1.82) is 0 Å². The molecular weight excluding hydrogens is 296 g/mol. The van der Waals surface area contributed by atoms with Crippen LogP contribution in [0, 0.1) is 12.7 Å². The molecule has 3 aromatic rings. The zero-order valence-electron chi connectivity index (χ0n) is 10.6. The van der Waals surface area contributed by atoms with Gasteiger partial charge in [0.2, 0.25) is 0 Å². The standard InChI is InChI=1S/C16H10Cl2FN/c1-9-14(18)12-7-11(17)8-13(19)16(12)20-15(9)10-5-3-2-4-6-10/h2-8H,1H3. The average molecular weight is 306 g/mol. The second-order valence-electron chi connectivity index (χ2n) is 4.55. The molecule has 0 atom stereocenters. The van der Waals surface area contributed by atoms with Gasteiger partial charge in [-0.1, -0.05) is 53.5 Å². The monoisotopic (exact) mass is 305 g/mol. The molecule has 100 valence electrons. The molecule has 0 saturated heterocycles. The van der Waals surface area contributed by atoms with Gasteiger partial charge in [0.1, 0.15) is 5.52 Å². The van der Waals surface area contributed by atoms with Crippen molar-refractivity contribution in [3.05, 3.63) is 63.9 Å². The lowest BCUT2D eigenvalue weighted by Gasteiger charge is -2.11. The maximum absolute atomic E-state index is 14.0. The van der Waals surface area contributed by atoms with Crippen LogP contribution in [0.15, 0.2) is 42.5 Å². The number of hydrogen-bond donors (Lipinski definition) is 0. The fourth-order valence-corrected chi connectivity index (χ4v) is 2.66. The lowest BCUT2D eigenvalue weighted by Crippen LogP contribution is -1.94. The molecule has 0 amide bonds. The van der Waals surface area contributed by atoms with Crippen LogP contribution in [0.5, 0.6) is 0 Å². The Labute approximate surface area is 126 Å². The van der Waals surface area contributed by atoms with E-state index in [1.165, 1.54) is 6.07 Å². The third-order valence-electron chi connectivity index (χ3n) is 3.22. The predicted octanol–water partition coefficient (Wildman–Crippen LogP) is 5.66. The van der Waals surface area contributed by atoms with Crippen LogP contribution in [-0.2, 0) is 0 Å². The van der Waals surface area contributed by atoms with Crippen molar-refractivity contribution in [3.8, 4) is 11.3 Å². The van der Waals surface area contributed by atoms with Crippen LogP contribution in [0.3, 0.4) is 0 Å². The first-order valence-corrected chi connectivity index (χ1v) is 6.84. The van der Waals surface area contributed by atoms with Crippen LogP contribution in [-0.4, -0.2) is 4.98 Å². The van der Waals surface area contributed by atoms with E-state index >= 15 is 0 Å². The summed E-state index contributed by atoms with van der Waals surface area (Å²) in [5.74, 6) is -0.466. The van der Waals surface area contributed by atoms with E-state index in [9.17, 15) is 4.39 Å². The second-order valence-corrected chi connectivity index (χ2v) is 5.36. The summed E-state index contributed by atoms with van der Waals surface area (Å²) in [6.07, 6.45) is 0. The number of fused-ring (bicyclic) bond motifs is 1. The molecule has 0 fully saturated rings. The van der Waals surface area contributed by atoms with E-state index in [1.54, 1.807) is 6.07 Å². The van der Waals surface area contributed by atoms with E-state index in [4.69, 9.17) is 23.2 Å². The predicted molar refractivity (Wildman–Crippen MR) is 81.9 cm³/mol. The third kappa shape index (κ3) is 2.15. The van der Waals surface area contributed by atoms with Gasteiger partial charge in [-0.2, -0.15) is 0 Å². The summed E-state index contributed by atoms with van der Waals surface area (Å²) in [5, 5.41) is 1.33. The molecule has 3 rings (SSSR count). The zero-order chi connectivity index (χ0) is 14.3. The highest BCUT2D eigenvalue weighted by molar-refractivity contribution is 6.37. The molecule has 20 heavy (non-hydrogen) atoms. The SMILES string of the molecule is Cc1c(-c2ccccc2)nc2c(F)cc(Cl)cc2c1Cl. The van der Waals surface area contributed by atoms with Crippen molar-refractivity contribution >= 4 is 34.1 Å². The summed E-state index contributed by atoms with van der Waals surface area (Å²) >= 11 is 12.2. The Morgan fingerprint density at radius 2 is 1.75 bits per heavy atom. The second kappa shape index (κ2) is 5.04. The number of aromatic nitrogens is 1. The van der Waals surface area contributed by atoms with Gasteiger partial charge in [0, 0.05) is 16.0 Å². The lowest BCUT2D eigenvalue weighted by atomic mass is 10.0. The van der Waals surface area contributed by atoms with Gasteiger partial charge >= 0.3 is 0 Å². The van der Waals surface area contributed by atoms with E-state index in [0.29, 0.717) is 21.1 Å². The largest absolute Gasteiger partial charge is 0.244 e. The van der Waals surface area contributed by atoms with Crippen LogP contribution >= 0.6 is 23.2 Å². The highest BCUT2D eigenvalue weighted by Gasteiger charge is 2.15. The summed E-state index contributed by atoms with van der Waals surface area (Å²) in [4.78, 5) is 4.43. The molecule has 2 aromatic carbocycles. The first-order valence-electron chi connectivity index (χ1n) is 6.08. The van der Waals surface area contributed by atoms with Crippen molar-refractivity contribution in [1.82, 2.24) is 4.98 Å². The summed E-state index contributed by atoms with van der Waals surface area (Å²) in [6, 6.07) is 12.5. The Kier molecular flexibility index (Phi) is 3.36. The van der Waals surface area contributed by atoms with Gasteiger partial charge in [-0.25, -0.2) is 9.37 Å². The summed E-state index contributed by atoms with van der Waals surface area (Å²) in [5.41, 5.74) is 2.64. The highest BCUT2D eigenvalue weighted by Crippen LogP contribution is 2.35. The minimum atomic E-state index is -0.466. The van der Waals surface area contributed by atoms with E-state index in [1.807, 2.05) is 37.3 Å². The zero-order valence-corrected chi connectivity index (χ0v) is 12.1. The third-order valence-corrected chi connectivity index (χ3v) is 3.93. The van der Waals surface area contributed by atoms with Crippen molar-refractivity contribution in [2.45, 2.75) is 6.92 Å². The molecule has 0 aliphatic heterocycles. The number of nitrogens with zero attached hydrogens (tertiary/aromatic N) is 1. The Bertz CT molecular complexity index is 801. The van der Waals surface area contributed by atoms with E-state index in [-0.39, 0.29) is 5.52 Å². The summed E-state index contributed by atoms with van der Waals surface area (Å²) in [7, 11) is 0. The van der Waals surface area contributed by atoms with Crippen molar-refractivity contribution < 1.29 is 4.39 Å². The van der Waals surface area contributed by atoms with Crippen LogP contribution in [0.1, 0.15) is 5.56 Å². The number of rotatable bonds is 1. The molecule has 4 heteroatoms. The maximum Gasteiger partial charge on any atom is 0.150 e. The molecule has 0 N–H and O–H groups in total. The molecule has 0 aliphatic rings. The van der Waals surface area contributed by atoms with Gasteiger partial charge in [-0.05, 0) is 24.6 Å². The maximum atomic E-state index is 14.0. The van der Waals surface area contributed by atoms with Crippen LogP contribution < -0.4 is 0 Å². The topological polar surface area (TPSA) is 12.9 Å². The molecule has 0 bridgehead atoms. The Balaban J connectivity index is 2.39. The summed E-state index contributed by atoms with van der Waals surface area (Å²) in [6.45, 7) is 1.87. The molecule has 1 heterocycles. The minimum Gasteiger partial charge on any atom is -0.244 e. The van der Waals surface area contributed by atoms with Gasteiger partial charge < -0.3 is 0 Å². The van der Waals surface area contributed by atoms with Gasteiger partial charge in [-0.3, -0.25) is 0 Å². The Hall–Kier alpha value is -1.64. The average Bonchev–Trinajstić information content (AvgIpc) is 2.44. The van der Waals surface area contributed by atoms with Gasteiger partial charge in [0.05, 0.1) is 10.7 Å². The Morgan fingerprint density at radius 3 is 2.45 bits per heavy atom. The number of hydrogen-bond acceptors (Lipinski definition) is 1. The van der Waals surface area contributed by atoms with Gasteiger partial charge in [0.15, 0.2) is 5.82 Å². The summed E-state index contributed by atoms with van der Waals surface area (Å²) < 4.78 is 14.0. The normalized spacial score (nSPS) is 11.0. The minimum absolute atomic E-state index is 0.240. The quantitative estimate of drug-likeness (QED) is 0.565. The van der Waals surface area contributed by atoms with E-state index < -0.39 is 5.82 Å². The number of benzene rings is 2. The van der Waals surface area contributed by atoms with Crippen molar-refractivity contribution in [3.63, 3.8) is 0 Å². The molecule has 0 radical (unpaired) electrons. The van der Waals surface area contributed by atoms with Crippen LogP contribution in [0.25, 0.3) is 22.2 Å². The first kappa shape index (κ1) is 13.3. The van der Waals surface area contributed by atoms with E-state index in [2.05, 4.69) is 4.98 Å². The molecular formula is C16H10Cl2FN. The van der Waals surface area contributed by atoms with Crippen molar-refractivity contribution in [2.75, 3.05) is 0 Å². The van der Waals surface area contributed by atoms with E-state index in [0.717, 1.165) is 11.1 Å². The van der Waals surface area contributed by atoms with Crippen molar-refractivity contribution in [2.24, 2.45) is 0 Å². The molecule has 1 nitrogen and oxygen atoms in total.